The lowest BCUT2D eigenvalue weighted by Gasteiger charge is -2.28. The number of ether oxygens (including phenoxy) is 1. The van der Waals surface area contributed by atoms with Crippen LogP contribution in [-0.4, -0.2) is 59.0 Å². The van der Waals surface area contributed by atoms with E-state index in [4.69, 9.17) is 4.74 Å². The Morgan fingerprint density at radius 1 is 1.03 bits per heavy atom. The highest BCUT2D eigenvalue weighted by Crippen LogP contribution is 2.47. The molecule has 0 radical (unpaired) electrons. The molecule has 3 fully saturated rings. The maximum absolute atomic E-state index is 12.6. The van der Waals surface area contributed by atoms with Crippen molar-refractivity contribution in [1.29, 1.82) is 0 Å². The molecule has 2 saturated heterocycles. The highest BCUT2D eigenvalue weighted by Gasteiger charge is 2.55. The Morgan fingerprint density at radius 3 is 2.40 bits per heavy atom. The SMILES string of the molecule is FC(F)(F)c1ccc(-c2ccc(N[C@H]3[C@@H]4CN(CC5CCOCC5)C[C@@H]43)nn2)cn1. The molecule has 4 heterocycles. The second kappa shape index (κ2) is 7.77. The molecule has 5 rings (SSSR count). The Kier molecular flexibility index (Phi) is 5.10. The van der Waals surface area contributed by atoms with Gasteiger partial charge in [-0.1, -0.05) is 0 Å². The van der Waals surface area contributed by atoms with E-state index in [1.54, 1.807) is 6.07 Å². The quantitative estimate of drug-likeness (QED) is 0.802. The molecule has 2 aromatic heterocycles. The van der Waals surface area contributed by atoms with Crippen LogP contribution in [0.25, 0.3) is 11.3 Å². The first-order valence-electron chi connectivity index (χ1n) is 10.4. The van der Waals surface area contributed by atoms with Gasteiger partial charge in [0.1, 0.15) is 11.5 Å². The summed E-state index contributed by atoms with van der Waals surface area (Å²) in [5.74, 6) is 2.78. The average Bonchev–Trinajstić information content (AvgIpc) is 3.18. The zero-order chi connectivity index (χ0) is 20.7. The third kappa shape index (κ3) is 4.13. The first kappa shape index (κ1) is 19.7. The molecule has 6 nitrogen and oxygen atoms in total. The molecule has 3 atom stereocenters. The molecule has 1 N–H and O–H groups in total. The second-order valence-corrected chi connectivity index (χ2v) is 8.51. The number of aromatic nitrogens is 3. The number of pyridine rings is 1. The van der Waals surface area contributed by atoms with E-state index in [2.05, 4.69) is 25.4 Å². The van der Waals surface area contributed by atoms with Gasteiger partial charge in [-0.2, -0.15) is 13.2 Å². The number of piperidine rings is 1. The number of likely N-dealkylation sites (tertiary alicyclic amines) is 1. The number of rotatable bonds is 5. The second-order valence-electron chi connectivity index (χ2n) is 8.51. The lowest BCUT2D eigenvalue weighted by molar-refractivity contribution is -0.141. The number of nitrogens with zero attached hydrogens (tertiary/aromatic N) is 4. The summed E-state index contributed by atoms with van der Waals surface area (Å²) in [5, 5.41) is 11.8. The van der Waals surface area contributed by atoms with Crippen molar-refractivity contribution in [2.75, 3.05) is 38.2 Å². The minimum atomic E-state index is -4.44. The normalized spacial score (nSPS) is 27.1. The molecular weight excluding hydrogens is 395 g/mol. The van der Waals surface area contributed by atoms with Crippen LogP contribution in [0.2, 0.25) is 0 Å². The molecule has 1 saturated carbocycles. The summed E-state index contributed by atoms with van der Waals surface area (Å²) in [6.45, 7) is 5.23. The lowest BCUT2D eigenvalue weighted by Crippen LogP contribution is -2.34. The van der Waals surface area contributed by atoms with Crippen molar-refractivity contribution in [1.82, 2.24) is 20.1 Å². The average molecular weight is 419 g/mol. The van der Waals surface area contributed by atoms with Gasteiger partial charge in [0.15, 0.2) is 0 Å². The molecule has 1 aliphatic carbocycles. The molecule has 2 aliphatic heterocycles. The number of fused-ring (bicyclic) bond motifs is 1. The lowest BCUT2D eigenvalue weighted by atomic mass is 10.00. The van der Waals surface area contributed by atoms with Gasteiger partial charge < -0.3 is 15.0 Å². The fourth-order valence-corrected chi connectivity index (χ4v) is 4.72. The van der Waals surface area contributed by atoms with E-state index in [-0.39, 0.29) is 0 Å². The molecule has 160 valence electrons. The Hall–Kier alpha value is -2.26. The first-order chi connectivity index (χ1) is 14.5. The first-order valence-corrected chi connectivity index (χ1v) is 10.4. The summed E-state index contributed by atoms with van der Waals surface area (Å²) in [6, 6.07) is 6.35. The van der Waals surface area contributed by atoms with Crippen LogP contribution in [0.3, 0.4) is 0 Å². The highest BCUT2D eigenvalue weighted by molar-refractivity contribution is 5.58. The standard InChI is InChI=1S/C21H24F3N5O/c22-21(23,24)18-3-1-14(9-25-18)17-2-4-19(28-27-17)26-20-15-11-29(12-16(15)20)10-13-5-7-30-8-6-13/h1-4,9,13,15-16,20H,5-8,10-12H2,(H,26,28)/t15-,16+,20+. The highest BCUT2D eigenvalue weighted by atomic mass is 19.4. The smallest absolute Gasteiger partial charge is 0.381 e. The van der Waals surface area contributed by atoms with E-state index in [9.17, 15) is 13.2 Å². The predicted octanol–water partition coefficient (Wildman–Crippen LogP) is 3.33. The topological polar surface area (TPSA) is 63.2 Å². The number of alkyl halides is 3. The summed E-state index contributed by atoms with van der Waals surface area (Å²) in [4.78, 5) is 6.05. The molecule has 0 unspecified atom stereocenters. The molecule has 30 heavy (non-hydrogen) atoms. The van der Waals surface area contributed by atoms with E-state index < -0.39 is 11.9 Å². The van der Waals surface area contributed by atoms with E-state index in [1.165, 1.54) is 31.6 Å². The van der Waals surface area contributed by atoms with E-state index in [0.29, 0.717) is 35.0 Å². The minimum absolute atomic E-state index is 0.434. The number of anilines is 1. The predicted molar refractivity (Wildman–Crippen MR) is 105 cm³/mol. The van der Waals surface area contributed by atoms with Crippen LogP contribution in [0, 0.1) is 17.8 Å². The number of hydrogen-bond donors (Lipinski definition) is 1. The molecule has 0 spiro atoms. The molecule has 3 aliphatic rings. The van der Waals surface area contributed by atoms with Crippen LogP contribution in [0.5, 0.6) is 0 Å². The van der Waals surface area contributed by atoms with Gasteiger partial charge in [0.05, 0.1) is 5.69 Å². The summed E-state index contributed by atoms with van der Waals surface area (Å²) < 4.78 is 43.3. The van der Waals surface area contributed by atoms with Gasteiger partial charge in [-0.15, -0.1) is 10.2 Å². The van der Waals surface area contributed by atoms with Gasteiger partial charge in [0.25, 0.3) is 0 Å². The summed E-state index contributed by atoms with van der Waals surface area (Å²) in [5.41, 5.74) is 0.0955. The maximum atomic E-state index is 12.6. The third-order valence-corrected chi connectivity index (χ3v) is 6.46. The molecule has 0 amide bonds. The maximum Gasteiger partial charge on any atom is 0.433 e. The summed E-state index contributed by atoms with van der Waals surface area (Å²) in [6.07, 6.45) is -0.924. The van der Waals surface area contributed by atoms with Gasteiger partial charge in [0, 0.05) is 50.7 Å². The fourth-order valence-electron chi connectivity index (χ4n) is 4.72. The molecule has 0 aromatic carbocycles. The monoisotopic (exact) mass is 419 g/mol. The van der Waals surface area contributed by atoms with Crippen molar-refractivity contribution in [3.05, 3.63) is 36.2 Å². The van der Waals surface area contributed by atoms with Gasteiger partial charge >= 0.3 is 6.18 Å². The Balaban J connectivity index is 1.13. The Morgan fingerprint density at radius 2 is 1.80 bits per heavy atom. The van der Waals surface area contributed by atoms with E-state index in [1.807, 2.05) is 6.07 Å². The van der Waals surface area contributed by atoms with Crippen molar-refractivity contribution < 1.29 is 17.9 Å². The molecule has 9 heteroatoms. The number of hydrogen-bond acceptors (Lipinski definition) is 6. The number of halogens is 3. The summed E-state index contributed by atoms with van der Waals surface area (Å²) in [7, 11) is 0. The van der Waals surface area contributed by atoms with Gasteiger partial charge in [-0.05, 0) is 54.9 Å². The van der Waals surface area contributed by atoms with Crippen LogP contribution >= 0.6 is 0 Å². The fraction of sp³-hybridized carbons (Fsp3) is 0.571. The van der Waals surface area contributed by atoms with Crippen LogP contribution in [0.1, 0.15) is 18.5 Å². The van der Waals surface area contributed by atoms with Crippen LogP contribution in [0.4, 0.5) is 19.0 Å². The van der Waals surface area contributed by atoms with Gasteiger partial charge in [-0.3, -0.25) is 4.98 Å². The zero-order valence-electron chi connectivity index (χ0n) is 16.5. The van der Waals surface area contributed by atoms with E-state index in [0.717, 1.165) is 38.3 Å². The van der Waals surface area contributed by atoms with Crippen LogP contribution < -0.4 is 5.32 Å². The van der Waals surface area contributed by atoms with E-state index >= 15 is 0 Å². The molecule has 2 aromatic rings. The summed E-state index contributed by atoms with van der Waals surface area (Å²) >= 11 is 0. The largest absolute Gasteiger partial charge is 0.433 e. The molecule has 0 bridgehead atoms. The van der Waals surface area contributed by atoms with Crippen molar-refractivity contribution in [2.45, 2.75) is 25.1 Å². The van der Waals surface area contributed by atoms with Gasteiger partial charge in [0.2, 0.25) is 0 Å². The van der Waals surface area contributed by atoms with Crippen molar-refractivity contribution in [3.63, 3.8) is 0 Å². The van der Waals surface area contributed by atoms with Crippen molar-refractivity contribution in [2.24, 2.45) is 17.8 Å². The Labute approximate surface area is 172 Å². The third-order valence-electron chi connectivity index (χ3n) is 6.46. The Bertz CT molecular complexity index is 856. The number of nitrogens with one attached hydrogen (secondary N) is 1. The van der Waals surface area contributed by atoms with Gasteiger partial charge in [-0.25, -0.2) is 0 Å². The van der Waals surface area contributed by atoms with Crippen molar-refractivity contribution in [3.8, 4) is 11.3 Å². The zero-order valence-corrected chi connectivity index (χ0v) is 16.5. The van der Waals surface area contributed by atoms with Crippen LogP contribution in [-0.2, 0) is 10.9 Å². The van der Waals surface area contributed by atoms with Crippen molar-refractivity contribution >= 4 is 5.82 Å². The molecular formula is C21H24F3N5O. The van der Waals surface area contributed by atoms with Crippen LogP contribution in [0.15, 0.2) is 30.5 Å². The minimum Gasteiger partial charge on any atom is -0.381 e.